The fourth-order valence-electron chi connectivity index (χ4n) is 3.81. The molecule has 166 valence electrons. The van der Waals surface area contributed by atoms with Crippen molar-refractivity contribution in [3.8, 4) is 0 Å². The van der Waals surface area contributed by atoms with Crippen molar-refractivity contribution in [3.05, 3.63) is 119 Å². The number of hydrogen-bond donors (Lipinski definition) is 1. The van der Waals surface area contributed by atoms with Crippen LogP contribution in [0.15, 0.2) is 97.1 Å². The summed E-state index contributed by atoms with van der Waals surface area (Å²) in [4.78, 5) is 2.38. The summed E-state index contributed by atoms with van der Waals surface area (Å²) in [7, 11) is 2.19. The predicted molar refractivity (Wildman–Crippen MR) is 139 cm³/mol. The second kappa shape index (κ2) is 11.1. The third-order valence-corrected chi connectivity index (χ3v) is 5.67. The summed E-state index contributed by atoms with van der Waals surface area (Å²) in [5.74, 6) is 0. The molecule has 0 aliphatic rings. The Balaban J connectivity index is 0.000000305. The molecular weight excluding hydrogens is 388 g/mol. The molecule has 0 radical (unpaired) electrons. The zero-order chi connectivity index (χ0) is 23.0. The van der Waals surface area contributed by atoms with Crippen LogP contribution in [0, 0.1) is 0 Å². The molecule has 4 rings (SSSR count). The SMILES string of the molecule is CN(Cc1ccc(C(C)(C)C)cc1)Cc1cccc2ccccc12.NCc1ccccc1. The highest BCUT2D eigenvalue weighted by molar-refractivity contribution is 5.85. The van der Waals surface area contributed by atoms with E-state index in [4.69, 9.17) is 5.73 Å². The maximum absolute atomic E-state index is 5.35. The van der Waals surface area contributed by atoms with Gasteiger partial charge >= 0.3 is 0 Å². The maximum atomic E-state index is 5.35. The van der Waals surface area contributed by atoms with E-state index in [1.807, 2.05) is 30.3 Å². The van der Waals surface area contributed by atoms with E-state index in [0.717, 1.165) is 13.1 Å². The zero-order valence-electron chi connectivity index (χ0n) is 19.9. The van der Waals surface area contributed by atoms with Crippen LogP contribution in [0.3, 0.4) is 0 Å². The maximum Gasteiger partial charge on any atom is 0.0240 e. The van der Waals surface area contributed by atoms with E-state index in [1.54, 1.807) is 0 Å². The van der Waals surface area contributed by atoms with E-state index >= 15 is 0 Å². The monoisotopic (exact) mass is 424 g/mol. The standard InChI is InChI=1S/C23H27N.C7H9N/c1-23(2,3)21-14-12-18(13-15-21)16-24(4)17-20-10-7-9-19-8-5-6-11-22(19)20;8-6-7-4-2-1-3-5-7/h5-15H,16-17H2,1-4H3;1-5H,6,8H2. The molecule has 0 aliphatic carbocycles. The normalized spacial score (nSPS) is 11.3. The fraction of sp³-hybridized carbons (Fsp3) is 0.267. The summed E-state index contributed by atoms with van der Waals surface area (Å²) in [6, 6.07) is 34.3. The van der Waals surface area contributed by atoms with Gasteiger partial charge in [-0.1, -0.05) is 118 Å². The number of benzene rings is 4. The molecule has 2 heteroatoms. The predicted octanol–water partition coefficient (Wildman–Crippen LogP) is 6.91. The van der Waals surface area contributed by atoms with E-state index in [9.17, 15) is 0 Å². The second-order valence-electron chi connectivity index (χ2n) is 9.45. The Morgan fingerprint density at radius 1 is 0.656 bits per heavy atom. The first kappa shape index (κ1) is 23.7. The van der Waals surface area contributed by atoms with Crippen LogP contribution in [0.5, 0.6) is 0 Å². The van der Waals surface area contributed by atoms with Crippen LogP contribution in [0.25, 0.3) is 10.8 Å². The first-order valence-electron chi connectivity index (χ1n) is 11.4. The van der Waals surface area contributed by atoms with Crippen molar-refractivity contribution in [2.24, 2.45) is 5.73 Å². The van der Waals surface area contributed by atoms with E-state index < -0.39 is 0 Å². The van der Waals surface area contributed by atoms with Gasteiger partial charge < -0.3 is 5.73 Å². The van der Waals surface area contributed by atoms with Crippen molar-refractivity contribution in [2.75, 3.05) is 7.05 Å². The molecule has 2 nitrogen and oxygen atoms in total. The highest BCUT2D eigenvalue weighted by Gasteiger charge is 2.13. The van der Waals surface area contributed by atoms with E-state index in [1.165, 1.54) is 33.0 Å². The fourth-order valence-corrected chi connectivity index (χ4v) is 3.81. The molecule has 0 heterocycles. The Morgan fingerprint density at radius 3 is 1.91 bits per heavy atom. The smallest absolute Gasteiger partial charge is 0.0240 e. The number of nitrogens with two attached hydrogens (primary N) is 1. The molecule has 0 saturated heterocycles. The summed E-state index contributed by atoms with van der Waals surface area (Å²) in [5.41, 5.74) is 10.9. The number of hydrogen-bond acceptors (Lipinski definition) is 2. The van der Waals surface area contributed by atoms with Crippen LogP contribution in [-0.2, 0) is 25.0 Å². The largest absolute Gasteiger partial charge is 0.326 e. The first-order valence-corrected chi connectivity index (χ1v) is 11.4. The average molecular weight is 425 g/mol. The van der Waals surface area contributed by atoms with Gasteiger partial charge in [-0.3, -0.25) is 4.90 Å². The molecule has 2 N–H and O–H groups in total. The third kappa shape index (κ3) is 6.78. The summed E-state index contributed by atoms with van der Waals surface area (Å²) < 4.78 is 0. The molecule has 0 aliphatic heterocycles. The molecule has 0 unspecified atom stereocenters. The third-order valence-electron chi connectivity index (χ3n) is 5.67. The summed E-state index contributed by atoms with van der Waals surface area (Å²) >= 11 is 0. The van der Waals surface area contributed by atoms with Gasteiger partial charge in [0, 0.05) is 19.6 Å². The molecular formula is C30H36N2. The first-order chi connectivity index (χ1) is 15.4. The van der Waals surface area contributed by atoms with Gasteiger partial charge in [-0.15, -0.1) is 0 Å². The summed E-state index contributed by atoms with van der Waals surface area (Å²) in [5, 5.41) is 2.67. The van der Waals surface area contributed by atoms with E-state index in [0.29, 0.717) is 6.54 Å². The Morgan fingerprint density at radius 2 is 1.28 bits per heavy atom. The van der Waals surface area contributed by atoms with Crippen LogP contribution < -0.4 is 5.73 Å². The van der Waals surface area contributed by atoms with Gasteiger partial charge in [0.2, 0.25) is 0 Å². The van der Waals surface area contributed by atoms with Gasteiger partial charge in [0.1, 0.15) is 0 Å². The van der Waals surface area contributed by atoms with Crippen molar-refractivity contribution >= 4 is 10.8 Å². The van der Waals surface area contributed by atoms with Crippen LogP contribution >= 0.6 is 0 Å². The molecule has 0 spiro atoms. The summed E-state index contributed by atoms with van der Waals surface area (Å²) in [6.07, 6.45) is 0. The lowest BCUT2D eigenvalue weighted by atomic mass is 9.87. The van der Waals surface area contributed by atoms with Crippen molar-refractivity contribution in [1.29, 1.82) is 0 Å². The minimum absolute atomic E-state index is 0.216. The number of rotatable bonds is 5. The van der Waals surface area contributed by atoms with Crippen molar-refractivity contribution < 1.29 is 0 Å². The second-order valence-corrected chi connectivity index (χ2v) is 9.45. The Labute approximate surface area is 193 Å². The van der Waals surface area contributed by atoms with Crippen LogP contribution in [0.2, 0.25) is 0 Å². The van der Waals surface area contributed by atoms with E-state index in [2.05, 4.69) is 99.4 Å². The van der Waals surface area contributed by atoms with Crippen molar-refractivity contribution in [3.63, 3.8) is 0 Å². The highest BCUT2D eigenvalue weighted by atomic mass is 15.1. The van der Waals surface area contributed by atoms with E-state index in [-0.39, 0.29) is 5.41 Å². The Hall–Kier alpha value is -2.94. The van der Waals surface area contributed by atoms with Crippen molar-refractivity contribution in [1.82, 2.24) is 4.90 Å². The molecule has 0 saturated carbocycles. The molecule has 0 fully saturated rings. The molecule has 0 amide bonds. The number of fused-ring (bicyclic) bond motifs is 1. The molecule has 0 aromatic heterocycles. The number of nitrogens with zero attached hydrogens (tertiary/aromatic N) is 1. The minimum Gasteiger partial charge on any atom is -0.326 e. The topological polar surface area (TPSA) is 29.3 Å². The lowest BCUT2D eigenvalue weighted by Crippen LogP contribution is -2.17. The van der Waals surface area contributed by atoms with Gasteiger partial charge in [-0.05, 0) is 45.5 Å². The van der Waals surface area contributed by atoms with Crippen LogP contribution in [0.4, 0.5) is 0 Å². The average Bonchev–Trinajstić information content (AvgIpc) is 2.80. The Bertz CT molecular complexity index is 1090. The van der Waals surface area contributed by atoms with Crippen LogP contribution in [-0.4, -0.2) is 11.9 Å². The molecule has 4 aromatic carbocycles. The van der Waals surface area contributed by atoms with Gasteiger partial charge in [-0.2, -0.15) is 0 Å². The van der Waals surface area contributed by atoms with Crippen molar-refractivity contribution in [2.45, 2.75) is 45.8 Å². The highest BCUT2D eigenvalue weighted by Crippen LogP contribution is 2.23. The zero-order valence-corrected chi connectivity index (χ0v) is 19.9. The molecule has 4 aromatic rings. The molecule has 0 atom stereocenters. The van der Waals surface area contributed by atoms with Gasteiger partial charge in [-0.25, -0.2) is 0 Å². The van der Waals surface area contributed by atoms with Gasteiger partial charge in [0.25, 0.3) is 0 Å². The lowest BCUT2D eigenvalue weighted by Gasteiger charge is -2.21. The van der Waals surface area contributed by atoms with Crippen LogP contribution in [0.1, 0.15) is 43.0 Å². The minimum atomic E-state index is 0.216. The Kier molecular flexibility index (Phi) is 8.21. The molecule has 0 bridgehead atoms. The molecule has 32 heavy (non-hydrogen) atoms. The summed E-state index contributed by atoms with van der Waals surface area (Å²) in [6.45, 7) is 9.34. The van der Waals surface area contributed by atoms with Gasteiger partial charge in [0.15, 0.2) is 0 Å². The quantitative estimate of drug-likeness (QED) is 0.377. The lowest BCUT2D eigenvalue weighted by molar-refractivity contribution is 0.320. The van der Waals surface area contributed by atoms with Gasteiger partial charge in [0.05, 0.1) is 0 Å².